The second-order valence-electron chi connectivity index (χ2n) is 4.56. The molecule has 1 atom stereocenters. The summed E-state index contributed by atoms with van der Waals surface area (Å²) in [5.74, 6) is -0.298. The molecule has 1 N–H and O–H groups in total. The van der Waals surface area contributed by atoms with Gasteiger partial charge in [0.1, 0.15) is 0 Å². The number of hydrogen-bond donors (Lipinski definition) is 1. The average molecular weight is 243 g/mol. The molecule has 3 nitrogen and oxygen atoms in total. The maximum absolute atomic E-state index is 11.9. The summed E-state index contributed by atoms with van der Waals surface area (Å²) >= 11 is 0. The van der Waals surface area contributed by atoms with Gasteiger partial charge in [-0.2, -0.15) is 0 Å². The van der Waals surface area contributed by atoms with E-state index < -0.39 is 0 Å². The van der Waals surface area contributed by atoms with E-state index in [1.54, 1.807) is 0 Å². The number of aryl methyl sites for hydroxylation is 1. The van der Waals surface area contributed by atoms with Crippen molar-refractivity contribution in [2.24, 2.45) is 0 Å². The van der Waals surface area contributed by atoms with Gasteiger partial charge in [0, 0.05) is 12.1 Å². The molecular weight excluding hydrogens is 226 g/mol. The lowest BCUT2D eigenvalue weighted by Gasteiger charge is -2.23. The molecule has 2 rings (SSSR count). The number of carbonyl (C=O) groups excluding carboxylic acids is 2. The largest absolute Gasteiger partial charge is 0.375 e. The standard InChI is InChI=1S/C15H17NO2/c1-3-11-5-4-6-12(9-11)16-13-7-8-14(17)10(2)15(13)18/h4-6,9,13,16H,2-3,7-8H2,1H3. The Labute approximate surface area is 107 Å². The Hall–Kier alpha value is -1.90. The fraction of sp³-hybridized carbons (Fsp3) is 0.333. The Bertz CT molecular complexity index is 505. The molecule has 1 unspecified atom stereocenters. The van der Waals surface area contributed by atoms with Crippen molar-refractivity contribution in [1.29, 1.82) is 0 Å². The van der Waals surface area contributed by atoms with Crippen LogP contribution in [0.4, 0.5) is 5.69 Å². The van der Waals surface area contributed by atoms with Crippen molar-refractivity contribution in [3.05, 3.63) is 42.0 Å². The van der Waals surface area contributed by atoms with Crippen molar-refractivity contribution in [3.63, 3.8) is 0 Å². The van der Waals surface area contributed by atoms with Crippen molar-refractivity contribution >= 4 is 17.3 Å². The molecule has 0 radical (unpaired) electrons. The lowest BCUT2D eigenvalue weighted by atomic mass is 9.89. The average Bonchev–Trinajstić information content (AvgIpc) is 2.40. The van der Waals surface area contributed by atoms with Crippen molar-refractivity contribution in [3.8, 4) is 0 Å². The van der Waals surface area contributed by atoms with Gasteiger partial charge < -0.3 is 5.32 Å². The van der Waals surface area contributed by atoms with Crippen LogP contribution in [0.2, 0.25) is 0 Å². The summed E-state index contributed by atoms with van der Waals surface area (Å²) in [6, 6.07) is 7.67. The molecule has 0 saturated heterocycles. The molecule has 1 aliphatic carbocycles. The topological polar surface area (TPSA) is 46.2 Å². The number of hydrogen-bond acceptors (Lipinski definition) is 3. The molecule has 1 saturated carbocycles. The lowest BCUT2D eigenvalue weighted by Crippen LogP contribution is -2.37. The van der Waals surface area contributed by atoms with Crippen LogP contribution in [0.3, 0.4) is 0 Å². The first-order valence-electron chi connectivity index (χ1n) is 6.23. The molecule has 94 valence electrons. The van der Waals surface area contributed by atoms with Gasteiger partial charge in [-0.15, -0.1) is 0 Å². The Morgan fingerprint density at radius 2 is 2.17 bits per heavy atom. The number of ketones is 2. The summed E-state index contributed by atoms with van der Waals surface area (Å²) in [5.41, 5.74) is 2.28. The fourth-order valence-corrected chi connectivity index (χ4v) is 2.13. The lowest BCUT2D eigenvalue weighted by molar-refractivity contribution is -0.124. The Balaban J connectivity index is 2.11. The number of carbonyl (C=O) groups is 2. The maximum Gasteiger partial charge on any atom is 0.187 e. The third-order valence-corrected chi connectivity index (χ3v) is 3.29. The summed E-state index contributed by atoms with van der Waals surface area (Å²) in [6.07, 6.45) is 1.90. The highest BCUT2D eigenvalue weighted by Crippen LogP contribution is 2.20. The molecule has 0 spiro atoms. The monoisotopic (exact) mass is 243 g/mol. The highest BCUT2D eigenvalue weighted by atomic mass is 16.2. The number of rotatable bonds is 3. The van der Waals surface area contributed by atoms with E-state index in [1.165, 1.54) is 5.56 Å². The molecule has 0 heterocycles. The van der Waals surface area contributed by atoms with E-state index >= 15 is 0 Å². The quantitative estimate of drug-likeness (QED) is 0.655. The second-order valence-corrected chi connectivity index (χ2v) is 4.56. The normalized spacial score (nSPS) is 20.1. The SMILES string of the molecule is C=C1C(=O)CCC(Nc2cccc(CC)c2)C1=O. The number of Topliss-reactive ketones (excluding diaryl/α,β-unsaturated/α-hetero) is 2. The summed E-state index contributed by atoms with van der Waals surface area (Å²) in [6.45, 7) is 5.65. The minimum Gasteiger partial charge on any atom is -0.375 e. The number of nitrogens with one attached hydrogen (secondary N) is 1. The summed E-state index contributed by atoms with van der Waals surface area (Å²) in [5, 5.41) is 3.19. The molecule has 0 aromatic heterocycles. The van der Waals surface area contributed by atoms with Crippen LogP contribution in [-0.2, 0) is 16.0 Å². The zero-order valence-electron chi connectivity index (χ0n) is 10.5. The predicted octanol–water partition coefficient (Wildman–Crippen LogP) is 2.52. The van der Waals surface area contributed by atoms with Gasteiger partial charge in [-0.3, -0.25) is 9.59 Å². The van der Waals surface area contributed by atoms with E-state index in [0.29, 0.717) is 12.8 Å². The highest BCUT2D eigenvalue weighted by Gasteiger charge is 2.30. The zero-order chi connectivity index (χ0) is 13.1. The molecule has 1 fully saturated rings. The van der Waals surface area contributed by atoms with Gasteiger partial charge in [-0.05, 0) is 30.5 Å². The van der Waals surface area contributed by atoms with Gasteiger partial charge in [0.15, 0.2) is 11.6 Å². The summed E-state index contributed by atoms with van der Waals surface area (Å²) < 4.78 is 0. The van der Waals surface area contributed by atoms with Crippen molar-refractivity contribution < 1.29 is 9.59 Å². The molecule has 1 aromatic rings. The number of benzene rings is 1. The first-order valence-corrected chi connectivity index (χ1v) is 6.23. The molecule has 0 bridgehead atoms. The third-order valence-electron chi connectivity index (χ3n) is 3.29. The third kappa shape index (κ3) is 2.50. The van der Waals surface area contributed by atoms with Crippen LogP contribution in [0.15, 0.2) is 36.4 Å². The molecule has 1 aromatic carbocycles. The Kier molecular flexibility index (Phi) is 3.60. The summed E-state index contributed by atoms with van der Waals surface area (Å²) in [7, 11) is 0. The van der Waals surface area contributed by atoms with E-state index in [9.17, 15) is 9.59 Å². The molecule has 0 aliphatic heterocycles. The van der Waals surface area contributed by atoms with Crippen LogP contribution in [0, 0.1) is 0 Å². The first kappa shape index (κ1) is 12.6. The first-order chi connectivity index (χ1) is 8.61. The van der Waals surface area contributed by atoms with E-state index in [-0.39, 0.29) is 23.2 Å². The van der Waals surface area contributed by atoms with Crippen LogP contribution in [-0.4, -0.2) is 17.6 Å². The van der Waals surface area contributed by atoms with Gasteiger partial charge in [0.25, 0.3) is 0 Å². The van der Waals surface area contributed by atoms with Crippen molar-refractivity contribution in [2.75, 3.05) is 5.32 Å². The molecule has 3 heteroatoms. The maximum atomic E-state index is 11.9. The van der Waals surface area contributed by atoms with Crippen LogP contribution in [0.5, 0.6) is 0 Å². The Morgan fingerprint density at radius 3 is 2.89 bits per heavy atom. The van der Waals surface area contributed by atoms with Crippen LogP contribution in [0.25, 0.3) is 0 Å². The van der Waals surface area contributed by atoms with E-state index in [2.05, 4.69) is 24.9 Å². The van der Waals surface area contributed by atoms with E-state index in [4.69, 9.17) is 0 Å². The number of anilines is 1. The molecular formula is C15H17NO2. The van der Waals surface area contributed by atoms with Gasteiger partial charge >= 0.3 is 0 Å². The predicted molar refractivity (Wildman–Crippen MR) is 71.6 cm³/mol. The minimum atomic E-state index is -0.317. The minimum absolute atomic E-state index is 0.125. The van der Waals surface area contributed by atoms with Crippen LogP contribution in [0.1, 0.15) is 25.3 Å². The summed E-state index contributed by atoms with van der Waals surface area (Å²) in [4.78, 5) is 23.3. The smallest absolute Gasteiger partial charge is 0.187 e. The van der Waals surface area contributed by atoms with Crippen molar-refractivity contribution in [2.45, 2.75) is 32.2 Å². The van der Waals surface area contributed by atoms with Crippen LogP contribution >= 0.6 is 0 Å². The van der Waals surface area contributed by atoms with Gasteiger partial charge in [0.05, 0.1) is 11.6 Å². The van der Waals surface area contributed by atoms with Gasteiger partial charge in [-0.1, -0.05) is 25.6 Å². The fourth-order valence-electron chi connectivity index (χ4n) is 2.13. The highest BCUT2D eigenvalue weighted by molar-refractivity contribution is 6.23. The molecule has 1 aliphatic rings. The second kappa shape index (κ2) is 5.17. The van der Waals surface area contributed by atoms with Gasteiger partial charge in [-0.25, -0.2) is 0 Å². The molecule has 18 heavy (non-hydrogen) atoms. The Morgan fingerprint density at radius 1 is 1.39 bits per heavy atom. The zero-order valence-corrected chi connectivity index (χ0v) is 10.5. The van der Waals surface area contributed by atoms with Crippen molar-refractivity contribution in [1.82, 2.24) is 0 Å². The van der Waals surface area contributed by atoms with Crippen LogP contribution < -0.4 is 5.32 Å². The van der Waals surface area contributed by atoms with E-state index in [0.717, 1.165) is 12.1 Å². The van der Waals surface area contributed by atoms with E-state index in [1.807, 2.05) is 18.2 Å². The molecule has 0 amide bonds. The van der Waals surface area contributed by atoms with Gasteiger partial charge in [0.2, 0.25) is 0 Å².